The molecule has 0 heterocycles. The van der Waals surface area contributed by atoms with Crippen LogP contribution >= 0.6 is 34.2 Å². The Bertz CT molecular complexity index is 373. The average Bonchev–Trinajstić information content (AvgIpc) is 2.28. The first-order chi connectivity index (χ1) is 7.16. The molecule has 2 nitrogen and oxygen atoms in total. The Morgan fingerprint density at radius 1 is 1.40 bits per heavy atom. The fourth-order valence-electron chi connectivity index (χ4n) is 0.995. The van der Waals surface area contributed by atoms with Gasteiger partial charge in [-0.3, -0.25) is 0 Å². The van der Waals surface area contributed by atoms with Crippen LogP contribution in [0.4, 0.5) is 0 Å². The lowest BCUT2D eigenvalue weighted by Crippen LogP contribution is -2.04. The maximum absolute atomic E-state index is 11.4. The molecule has 1 aromatic rings. The zero-order valence-electron chi connectivity index (χ0n) is 8.17. The Labute approximate surface area is 107 Å². The highest BCUT2D eigenvalue weighted by molar-refractivity contribution is 14.1. The zero-order chi connectivity index (χ0) is 11.3. The van der Waals surface area contributed by atoms with E-state index in [4.69, 9.17) is 16.3 Å². The summed E-state index contributed by atoms with van der Waals surface area (Å²) in [4.78, 5) is 11.4. The van der Waals surface area contributed by atoms with E-state index in [-0.39, 0.29) is 5.97 Å². The molecule has 15 heavy (non-hydrogen) atoms. The van der Waals surface area contributed by atoms with Gasteiger partial charge < -0.3 is 4.74 Å². The van der Waals surface area contributed by atoms with Crippen LogP contribution in [0.25, 0.3) is 5.03 Å². The lowest BCUT2D eigenvalue weighted by Gasteiger charge is -2.04. The van der Waals surface area contributed by atoms with E-state index >= 15 is 0 Å². The Morgan fingerprint density at radius 3 is 2.53 bits per heavy atom. The molecule has 80 valence electrons. The van der Waals surface area contributed by atoms with Crippen LogP contribution in [0, 0.1) is 0 Å². The summed E-state index contributed by atoms with van der Waals surface area (Å²) < 4.78 is 5.26. The van der Waals surface area contributed by atoms with Crippen molar-refractivity contribution in [2.45, 2.75) is 6.92 Å². The molecule has 0 aliphatic rings. The summed E-state index contributed by atoms with van der Waals surface area (Å²) in [6.45, 7) is 2.11. The SMILES string of the molecule is CCOC(=O)/C(I)=C(\Cl)c1ccccc1. The Hall–Kier alpha value is -0.550. The maximum atomic E-state index is 11.4. The van der Waals surface area contributed by atoms with Crippen LogP contribution < -0.4 is 0 Å². The minimum absolute atomic E-state index is 0.351. The number of esters is 1. The number of halogens is 2. The highest BCUT2D eigenvalue weighted by Gasteiger charge is 2.13. The third kappa shape index (κ3) is 3.50. The Balaban J connectivity index is 2.95. The summed E-state index contributed by atoms with van der Waals surface area (Å²) in [6.07, 6.45) is 0. The van der Waals surface area contributed by atoms with Gasteiger partial charge in [0.15, 0.2) is 0 Å². The molecule has 1 aromatic carbocycles. The predicted octanol–water partition coefficient (Wildman–Crippen LogP) is 3.59. The maximum Gasteiger partial charge on any atom is 0.345 e. The molecule has 4 heteroatoms. The standard InChI is InChI=1S/C11H10ClIO2/c1-2-15-11(14)10(13)9(12)8-6-4-3-5-7-8/h3-7H,2H2,1H3/b10-9+. The second kappa shape index (κ2) is 6.12. The summed E-state index contributed by atoms with van der Waals surface area (Å²) in [6, 6.07) is 9.32. The van der Waals surface area contributed by atoms with Crippen molar-refractivity contribution in [2.24, 2.45) is 0 Å². The number of carbonyl (C=O) groups is 1. The molecule has 0 aliphatic carbocycles. The van der Waals surface area contributed by atoms with E-state index in [1.54, 1.807) is 6.92 Å². The van der Waals surface area contributed by atoms with Crippen LogP contribution in [0.1, 0.15) is 12.5 Å². The quantitative estimate of drug-likeness (QED) is 0.479. The minimum atomic E-state index is -0.382. The number of carbonyl (C=O) groups excluding carboxylic acids is 1. The van der Waals surface area contributed by atoms with Gasteiger partial charge in [-0.2, -0.15) is 0 Å². The van der Waals surface area contributed by atoms with Crippen LogP contribution in [-0.2, 0) is 9.53 Å². The molecule has 0 aromatic heterocycles. The second-order valence-corrected chi connectivity index (χ2v) is 4.17. The minimum Gasteiger partial charge on any atom is -0.462 e. The third-order valence-corrected chi connectivity index (χ3v) is 3.38. The van der Waals surface area contributed by atoms with Crippen LogP contribution in [0.3, 0.4) is 0 Å². The van der Waals surface area contributed by atoms with Gasteiger partial charge >= 0.3 is 5.97 Å². The molecule has 0 saturated heterocycles. The molecule has 0 fully saturated rings. The number of hydrogen-bond acceptors (Lipinski definition) is 2. The highest BCUT2D eigenvalue weighted by Crippen LogP contribution is 2.27. The number of ether oxygens (including phenoxy) is 1. The molecule has 0 aliphatic heterocycles. The highest BCUT2D eigenvalue weighted by atomic mass is 127. The summed E-state index contributed by atoms with van der Waals surface area (Å²) >= 11 is 7.95. The van der Waals surface area contributed by atoms with E-state index in [0.717, 1.165) is 5.56 Å². The van der Waals surface area contributed by atoms with Crippen molar-refractivity contribution in [1.82, 2.24) is 0 Å². The first-order valence-corrected chi connectivity index (χ1v) is 5.90. The average molecular weight is 337 g/mol. The fourth-order valence-corrected chi connectivity index (χ4v) is 1.67. The Morgan fingerprint density at radius 2 is 2.00 bits per heavy atom. The summed E-state index contributed by atoms with van der Waals surface area (Å²) in [5, 5.41) is 0.426. The topological polar surface area (TPSA) is 26.3 Å². The molecule has 0 bridgehead atoms. The van der Waals surface area contributed by atoms with Gasteiger partial charge in [0.05, 0.1) is 11.6 Å². The number of hydrogen-bond donors (Lipinski definition) is 0. The third-order valence-electron chi connectivity index (χ3n) is 1.67. The zero-order valence-corrected chi connectivity index (χ0v) is 11.1. The molecular formula is C11H10ClIO2. The van der Waals surface area contributed by atoms with Crippen LogP contribution in [0.5, 0.6) is 0 Å². The van der Waals surface area contributed by atoms with Crippen molar-refractivity contribution in [3.63, 3.8) is 0 Å². The smallest absolute Gasteiger partial charge is 0.345 e. The van der Waals surface area contributed by atoms with Gasteiger partial charge in [0.2, 0.25) is 0 Å². The van der Waals surface area contributed by atoms with Crippen molar-refractivity contribution < 1.29 is 9.53 Å². The monoisotopic (exact) mass is 336 g/mol. The van der Waals surface area contributed by atoms with Gasteiger partial charge in [0.25, 0.3) is 0 Å². The van der Waals surface area contributed by atoms with E-state index in [0.29, 0.717) is 15.2 Å². The van der Waals surface area contributed by atoms with Crippen LogP contribution in [0.2, 0.25) is 0 Å². The van der Waals surface area contributed by atoms with E-state index in [1.807, 2.05) is 52.9 Å². The van der Waals surface area contributed by atoms with Gasteiger partial charge in [-0.25, -0.2) is 4.79 Å². The Kier molecular flexibility index (Phi) is 5.11. The lowest BCUT2D eigenvalue weighted by atomic mass is 10.2. The number of rotatable bonds is 3. The van der Waals surface area contributed by atoms with Crippen molar-refractivity contribution in [3.8, 4) is 0 Å². The van der Waals surface area contributed by atoms with Crippen molar-refractivity contribution in [1.29, 1.82) is 0 Å². The van der Waals surface area contributed by atoms with Crippen LogP contribution in [-0.4, -0.2) is 12.6 Å². The molecule has 0 radical (unpaired) electrons. The summed E-state index contributed by atoms with van der Waals surface area (Å²) in [5.74, 6) is -0.382. The van der Waals surface area contributed by atoms with E-state index in [1.165, 1.54) is 0 Å². The molecule has 1 rings (SSSR count). The molecule has 0 unspecified atom stereocenters. The molecule has 0 spiro atoms. The first kappa shape index (κ1) is 12.5. The second-order valence-electron chi connectivity index (χ2n) is 2.71. The molecule has 0 N–H and O–H groups in total. The van der Waals surface area contributed by atoms with E-state index in [2.05, 4.69) is 0 Å². The summed E-state index contributed by atoms with van der Waals surface area (Å²) in [5.41, 5.74) is 0.816. The number of benzene rings is 1. The van der Waals surface area contributed by atoms with Crippen molar-refractivity contribution in [3.05, 3.63) is 39.5 Å². The lowest BCUT2D eigenvalue weighted by molar-refractivity contribution is -0.137. The predicted molar refractivity (Wildman–Crippen MR) is 69.9 cm³/mol. The fraction of sp³-hybridized carbons (Fsp3) is 0.182. The van der Waals surface area contributed by atoms with Crippen LogP contribution in [0.15, 0.2) is 33.9 Å². The van der Waals surface area contributed by atoms with Crippen molar-refractivity contribution in [2.75, 3.05) is 6.61 Å². The molecular weight excluding hydrogens is 326 g/mol. The van der Waals surface area contributed by atoms with E-state index < -0.39 is 0 Å². The summed E-state index contributed by atoms with van der Waals surface area (Å²) in [7, 11) is 0. The van der Waals surface area contributed by atoms with Crippen molar-refractivity contribution >= 4 is 45.2 Å². The van der Waals surface area contributed by atoms with Gasteiger partial charge in [-0.15, -0.1) is 0 Å². The first-order valence-electron chi connectivity index (χ1n) is 4.44. The molecule has 0 amide bonds. The van der Waals surface area contributed by atoms with Gasteiger partial charge in [0.1, 0.15) is 3.58 Å². The largest absolute Gasteiger partial charge is 0.462 e. The van der Waals surface area contributed by atoms with Gasteiger partial charge in [0, 0.05) is 0 Å². The van der Waals surface area contributed by atoms with E-state index in [9.17, 15) is 4.79 Å². The molecule has 0 atom stereocenters. The van der Waals surface area contributed by atoms with Gasteiger partial charge in [-0.1, -0.05) is 41.9 Å². The molecule has 0 saturated carbocycles. The van der Waals surface area contributed by atoms with Gasteiger partial charge in [-0.05, 0) is 35.1 Å². The normalized spacial score (nSPS) is 11.9.